The standard InChI is InChI=1S/C21H30N4O2/c1-16-6-7-17-4-2-3-5-19(17)25(16)21(27)15-24-12-10-23(11-13-24)14-20(26)22-18-8-9-18/h2-5,16,18H,6-15H2,1H3,(H,22,26). The number of aryl methyl sites for hydroxylation is 1. The van der Waals surface area contributed by atoms with Gasteiger partial charge in [-0.25, -0.2) is 0 Å². The van der Waals surface area contributed by atoms with E-state index in [0.29, 0.717) is 19.1 Å². The van der Waals surface area contributed by atoms with E-state index >= 15 is 0 Å². The van der Waals surface area contributed by atoms with Gasteiger partial charge in [-0.05, 0) is 44.2 Å². The molecule has 146 valence electrons. The molecule has 4 rings (SSSR count). The summed E-state index contributed by atoms with van der Waals surface area (Å²) in [7, 11) is 0. The maximum absolute atomic E-state index is 13.0. The highest BCUT2D eigenvalue weighted by atomic mass is 16.2. The number of para-hydroxylation sites is 1. The monoisotopic (exact) mass is 370 g/mol. The highest BCUT2D eigenvalue weighted by molar-refractivity contribution is 5.96. The van der Waals surface area contributed by atoms with Gasteiger partial charge in [-0.15, -0.1) is 0 Å². The normalized spacial score (nSPS) is 23.7. The van der Waals surface area contributed by atoms with Crippen molar-refractivity contribution in [1.82, 2.24) is 15.1 Å². The van der Waals surface area contributed by atoms with Crippen LogP contribution in [0.15, 0.2) is 24.3 Å². The average molecular weight is 370 g/mol. The summed E-state index contributed by atoms with van der Waals surface area (Å²) in [6, 6.07) is 8.94. The first kappa shape index (κ1) is 18.4. The van der Waals surface area contributed by atoms with Crippen molar-refractivity contribution in [2.24, 2.45) is 0 Å². The lowest BCUT2D eigenvalue weighted by Crippen LogP contribution is -2.53. The minimum atomic E-state index is 0.140. The van der Waals surface area contributed by atoms with E-state index in [2.05, 4.69) is 40.2 Å². The van der Waals surface area contributed by atoms with Crippen LogP contribution >= 0.6 is 0 Å². The molecule has 1 saturated carbocycles. The number of benzene rings is 1. The Kier molecular flexibility index (Phi) is 5.45. The summed E-state index contributed by atoms with van der Waals surface area (Å²) in [5, 5.41) is 3.05. The Morgan fingerprint density at radius 1 is 1.00 bits per heavy atom. The van der Waals surface area contributed by atoms with Crippen LogP contribution in [0.1, 0.15) is 31.7 Å². The molecule has 2 aliphatic heterocycles. The SMILES string of the molecule is CC1CCc2ccccc2N1C(=O)CN1CCN(CC(=O)NC2CC2)CC1. The predicted octanol–water partition coefficient (Wildman–Crippen LogP) is 1.25. The second-order valence-corrected chi connectivity index (χ2v) is 8.17. The van der Waals surface area contributed by atoms with Crippen LogP contribution in [0.4, 0.5) is 5.69 Å². The Bertz CT molecular complexity index is 695. The van der Waals surface area contributed by atoms with E-state index in [1.54, 1.807) is 0 Å². The zero-order valence-electron chi connectivity index (χ0n) is 16.2. The summed E-state index contributed by atoms with van der Waals surface area (Å²) in [5.41, 5.74) is 2.35. The molecule has 2 fully saturated rings. The van der Waals surface area contributed by atoms with Crippen LogP contribution in [0.25, 0.3) is 0 Å². The molecule has 1 atom stereocenters. The summed E-state index contributed by atoms with van der Waals surface area (Å²) in [6.45, 7) is 6.45. The average Bonchev–Trinajstić information content (AvgIpc) is 3.47. The van der Waals surface area contributed by atoms with Crippen LogP contribution in [0.2, 0.25) is 0 Å². The molecule has 0 radical (unpaired) electrons. The first-order valence-corrected chi connectivity index (χ1v) is 10.2. The zero-order chi connectivity index (χ0) is 18.8. The van der Waals surface area contributed by atoms with Gasteiger partial charge in [0.05, 0.1) is 13.1 Å². The quantitative estimate of drug-likeness (QED) is 0.848. The Balaban J connectivity index is 1.28. The van der Waals surface area contributed by atoms with E-state index in [4.69, 9.17) is 0 Å². The number of carbonyl (C=O) groups excluding carboxylic acids is 2. The van der Waals surface area contributed by atoms with Gasteiger partial charge in [0.25, 0.3) is 0 Å². The molecule has 1 unspecified atom stereocenters. The minimum Gasteiger partial charge on any atom is -0.352 e. The van der Waals surface area contributed by atoms with Crippen molar-refractivity contribution in [2.45, 2.75) is 44.7 Å². The van der Waals surface area contributed by atoms with Gasteiger partial charge in [0.1, 0.15) is 0 Å². The number of carbonyl (C=O) groups is 2. The van der Waals surface area contributed by atoms with Crippen LogP contribution in [0.5, 0.6) is 0 Å². The van der Waals surface area contributed by atoms with Crippen molar-refractivity contribution in [1.29, 1.82) is 0 Å². The first-order chi connectivity index (χ1) is 13.1. The van der Waals surface area contributed by atoms with Gasteiger partial charge in [-0.3, -0.25) is 19.4 Å². The first-order valence-electron chi connectivity index (χ1n) is 10.2. The van der Waals surface area contributed by atoms with Gasteiger partial charge in [-0.1, -0.05) is 18.2 Å². The van der Waals surface area contributed by atoms with Crippen molar-refractivity contribution >= 4 is 17.5 Å². The lowest BCUT2D eigenvalue weighted by atomic mass is 9.96. The molecule has 2 amide bonds. The van der Waals surface area contributed by atoms with E-state index in [1.165, 1.54) is 5.56 Å². The molecular weight excluding hydrogens is 340 g/mol. The second kappa shape index (κ2) is 7.98. The largest absolute Gasteiger partial charge is 0.352 e. The van der Waals surface area contributed by atoms with E-state index in [-0.39, 0.29) is 17.9 Å². The predicted molar refractivity (Wildman–Crippen MR) is 106 cm³/mol. The van der Waals surface area contributed by atoms with Crippen molar-refractivity contribution in [3.05, 3.63) is 29.8 Å². The smallest absolute Gasteiger partial charge is 0.241 e. The third kappa shape index (κ3) is 4.50. The molecule has 1 N–H and O–H groups in total. The fourth-order valence-corrected chi connectivity index (χ4v) is 4.15. The molecule has 1 aromatic carbocycles. The van der Waals surface area contributed by atoms with Crippen LogP contribution in [-0.4, -0.2) is 73.0 Å². The number of hydrogen-bond donors (Lipinski definition) is 1. The number of amides is 2. The summed E-state index contributed by atoms with van der Waals surface area (Å²) in [5.74, 6) is 0.329. The number of hydrogen-bond acceptors (Lipinski definition) is 4. The van der Waals surface area contributed by atoms with Crippen molar-refractivity contribution < 1.29 is 9.59 Å². The molecule has 0 bridgehead atoms. The summed E-state index contributed by atoms with van der Waals surface area (Å²) in [4.78, 5) is 31.4. The van der Waals surface area contributed by atoms with Gasteiger partial charge in [0.15, 0.2) is 0 Å². The second-order valence-electron chi connectivity index (χ2n) is 8.17. The molecule has 27 heavy (non-hydrogen) atoms. The third-order valence-corrected chi connectivity index (χ3v) is 5.93. The fraction of sp³-hybridized carbons (Fsp3) is 0.619. The van der Waals surface area contributed by atoms with Crippen molar-refractivity contribution in [3.63, 3.8) is 0 Å². The lowest BCUT2D eigenvalue weighted by Gasteiger charge is -2.38. The Morgan fingerprint density at radius 3 is 2.37 bits per heavy atom. The zero-order valence-corrected chi connectivity index (χ0v) is 16.2. The van der Waals surface area contributed by atoms with Gasteiger partial charge < -0.3 is 10.2 Å². The maximum atomic E-state index is 13.0. The molecule has 1 aliphatic carbocycles. The Morgan fingerprint density at radius 2 is 1.67 bits per heavy atom. The highest BCUT2D eigenvalue weighted by Crippen LogP contribution is 2.30. The summed E-state index contributed by atoms with van der Waals surface area (Å²) < 4.78 is 0. The van der Waals surface area contributed by atoms with Gasteiger partial charge in [0.2, 0.25) is 11.8 Å². The van der Waals surface area contributed by atoms with E-state index < -0.39 is 0 Å². The summed E-state index contributed by atoms with van der Waals surface area (Å²) >= 11 is 0. The number of anilines is 1. The third-order valence-electron chi connectivity index (χ3n) is 5.93. The van der Waals surface area contributed by atoms with Crippen molar-refractivity contribution in [2.75, 3.05) is 44.2 Å². The molecule has 2 heterocycles. The van der Waals surface area contributed by atoms with Gasteiger partial charge in [-0.2, -0.15) is 0 Å². The van der Waals surface area contributed by atoms with Crippen LogP contribution in [-0.2, 0) is 16.0 Å². The lowest BCUT2D eigenvalue weighted by molar-refractivity contribution is -0.124. The topological polar surface area (TPSA) is 55.9 Å². The van der Waals surface area contributed by atoms with E-state index in [1.807, 2.05) is 11.0 Å². The molecule has 6 heteroatoms. The number of nitrogens with one attached hydrogen (secondary N) is 1. The van der Waals surface area contributed by atoms with Crippen LogP contribution < -0.4 is 10.2 Å². The number of rotatable bonds is 5. The molecule has 6 nitrogen and oxygen atoms in total. The molecule has 1 saturated heterocycles. The van der Waals surface area contributed by atoms with Crippen LogP contribution in [0.3, 0.4) is 0 Å². The van der Waals surface area contributed by atoms with Crippen molar-refractivity contribution in [3.8, 4) is 0 Å². The summed E-state index contributed by atoms with van der Waals surface area (Å²) in [6.07, 6.45) is 4.31. The van der Waals surface area contributed by atoms with Gasteiger partial charge in [0, 0.05) is 44.0 Å². The Hall–Kier alpha value is -1.92. The minimum absolute atomic E-state index is 0.140. The molecule has 0 spiro atoms. The number of fused-ring (bicyclic) bond motifs is 1. The van der Waals surface area contributed by atoms with Gasteiger partial charge >= 0.3 is 0 Å². The van der Waals surface area contributed by atoms with E-state index in [0.717, 1.165) is 57.5 Å². The number of nitrogens with zero attached hydrogens (tertiary/aromatic N) is 3. The molecule has 3 aliphatic rings. The molecule has 0 aromatic heterocycles. The van der Waals surface area contributed by atoms with Crippen LogP contribution in [0, 0.1) is 0 Å². The molecular formula is C21H30N4O2. The highest BCUT2D eigenvalue weighted by Gasteiger charge is 2.30. The fourth-order valence-electron chi connectivity index (χ4n) is 4.15. The Labute approximate surface area is 161 Å². The number of piperazine rings is 1. The maximum Gasteiger partial charge on any atom is 0.241 e. The van der Waals surface area contributed by atoms with E-state index in [9.17, 15) is 9.59 Å². The molecule has 1 aromatic rings.